The second kappa shape index (κ2) is 4.76. The van der Waals surface area contributed by atoms with E-state index >= 15 is 0 Å². The zero-order valence-electron chi connectivity index (χ0n) is 8.82. The Morgan fingerprint density at radius 2 is 2.06 bits per heavy atom. The van der Waals surface area contributed by atoms with Gasteiger partial charge in [0.2, 0.25) is 0 Å². The number of sulfone groups is 1. The first-order chi connectivity index (χ1) is 7.86. The maximum atomic E-state index is 11.2. The van der Waals surface area contributed by atoms with E-state index in [1.807, 2.05) is 0 Å². The molecule has 1 aromatic carbocycles. The SMILES string of the molecule is CS(=O)(=O)/C(C#N)=C/c1ccccc1[N+](=O)[O-]. The third-order valence-electron chi connectivity index (χ3n) is 1.93. The Morgan fingerprint density at radius 3 is 2.53 bits per heavy atom. The van der Waals surface area contributed by atoms with E-state index in [0.717, 1.165) is 12.3 Å². The lowest BCUT2D eigenvalue weighted by Gasteiger charge is -1.98. The van der Waals surface area contributed by atoms with Crippen LogP contribution < -0.4 is 0 Å². The number of rotatable bonds is 3. The monoisotopic (exact) mass is 252 g/mol. The van der Waals surface area contributed by atoms with Crippen LogP contribution in [0.25, 0.3) is 6.08 Å². The first-order valence-corrected chi connectivity index (χ1v) is 6.30. The average molecular weight is 252 g/mol. The van der Waals surface area contributed by atoms with Crippen molar-refractivity contribution in [1.29, 1.82) is 5.26 Å². The Morgan fingerprint density at radius 1 is 1.47 bits per heavy atom. The lowest BCUT2D eigenvalue weighted by atomic mass is 10.1. The van der Waals surface area contributed by atoms with Crippen molar-refractivity contribution in [3.63, 3.8) is 0 Å². The van der Waals surface area contributed by atoms with Gasteiger partial charge in [0.25, 0.3) is 5.69 Å². The van der Waals surface area contributed by atoms with Crippen molar-refractivity contribution in [2.45, 2.75) is 0 Å². The Kier molecular flexibility index (Phi) is 3.60. The molecule has 1 rings (SSSR count). The van der Waals surface area contributed by atoms with Crippen LogP contribution in [0.3, 0.4) is 0 Å². The number of allylic oxidation sites excluding steroid dienone is 1. The van der Waals surface area contributed by atoms with Crippen LogP contribution in [0.4, 0.5) is 5.69 Å². The highest BCUT2D eigenvalue weighted by molar-refractivity contribution is 7.95. The normalized spacial score (nSPS) is 11.9. The number of benzene rings is 1. The van der Waals surface area contributed by atoms with Gasteiger partial charge in [-0.25, -0.2) is 8.42 Å². The molecule has 0 aliphatic heterocycles. The molecule has 0 N–H and O–H groups in total. The van der Waals surface area contributed by atoms with E-state index in [1.54, 1.807) is 0 Å². The van der Waals surface area contributed by atoms with Crippen molar-refractivity contribution in [2.75, 3.05) is 6.26 Å². The molecule has 0 aliphatic carbocycles. The summed E-state index contributed by atoms with van der Waals surface area (Å²) < 4.78 is 22.4. The fourth-order valence-electron chi connectivity index (χ4n) is 1.14. The van der Waals surface area contributed by atoms with Crippen LogP contribution in [0.5, 0.6) is 0 Å². The van der Waals surface area contributed by atoms with Gasteiger partial charge in [0.1, 0.15) is 11.0 Å². The molecular formula is C10H8N2O4S. The van der Waals surface area contributed by atoms with Crippen molar-refractivity contribution in [3.05, 3.63) is 44.8 Å². The molecule has 0 bridgehead atoms. The molecule has 0 saturated heterocycles. The second-order valence-electron chi connectivity index (χ2n) is 3.21. The Balaban J connectivity index is 3.42. The van der Waals surface area contributed by atoms with E-state index < -0.39 is 19.7 Å². The molecule has 0 amide bonds. The van der Waals surface area contributed by atoms with E-state index in [1.165, 1.54) is 30.3 Å². The third kappa shape index (κ3) is 3.12. The van der Waals surface area contributed by atoms with Crippen LogP contribution in [-0.2, 0) is 9.84 Å². The Bertz CT molecular complexity index is 626. The van der Waals surface area contributed by atoms with Crippen molar-refractivity contribution in [3.8, 4) is 6.07 Å². The first-order valence-electron chi connectivity index (χ1n) is 4.41. The highest BCUT2D eigenvalue weighted by Gasteiger charge is 2.15. The van der Waals surface area contributed by atoms with Crippen LogP contribution in [0.2, 0.25) is 0 Å². The predicted molar refractivity (Wildman–Crippen MR) is 61.5 cm³/mol. The number of nitro benzene ring substituents is 1. The van der Waals surface area contributed by atoms with Gasteiger partial charge in [-0.1, -0.05) is 12.1 Å². The summed E-state index contributed by atoms with van der Waals surface area (Å²) in [5.41, 5.74) is -0.164. The average Bonchev–Trinajstić information content (AvgIpc) is 2.24. The predicted octanol–water partition coefficient (Wildman–Crippen LogP) is 1.50. The highest BCUT2D eigenvalue weighted by atomic mass is 32.2. The minimum absolute atomic E-state index is 0.0828. The summed E-state index contributed by atoms with van der Waals surface area (Å²) in [7, 11) is -3.68. The maximum absolute atomic E-state index is 11.2. The lowest BCUT2D eigenvalue weighted by molar-refractivity contribution is -0.385. The minimum atomic E-state index is -3.68. The number of para-hydroxylation sites is 1. The van der Waals surface area contributed by atoms with E-state index in [-0.39, 0.29) is 11.3 Å². The van der Waals surface area contributed by atoms with Gasteiger partial charge < -0.3 is 0 Å². The number of hydrogen-bond acceptors (Lipinski definition) is 5. The number of nitro groups is 1. The van der Waals surface area contributed by atoms with Crippen molar-refractivity contribution >= 4 is 21.6 Å². The van der Waals surface area contributed by atoms with E-state index in [4.69, 9.17) is 5.26 Å². The van der Waals surface area contributed by atoms with Gasteiger partial charge >= 0.3 is 0 Å². The van der Waals surface area contributed by atoms with Gasteiger partial charge in [-0.15, -0.1) is 0 Å². The van der Waals surface area contributed by atoms with E-state index in [9.17, 15) is 18.5 Å². The number of nitrogens with zero attached hydrogens (tertiary/aromatic N) is 2. The molecule has 0 unspecified atom stereocenters. The fraction of sp³-hybridized carbons (Fsp3) is 0.100. The van der Waals surface area contributed by atoms with Crippen molar-refractivity contribution in [1.82, 2.24) is 0 Å². The number of hydrogen-bond donors (Lipinski definition) is 0. The summed E-state index contributed by atoms with van der Waals surface area (Å²) in [6, 6.07) is 7.11. The largest absolute Gasteiger partial charge is 0.276 e. The second-order valence-corrected chi connectivity index (χ2v) is 5.19. The van der Waals surface area contributed by atoms with Gasteiger partial charge in [-0.3, -0.25) is 10.1 Å². The molecule has 88 valence electrons. The summed E-state index contributed by atoms with van der Waals surface area (Å²) in [5, 5.41) is 19.4. The topological polar surface area (TPSA) is 101 Å². The molecule has 6 nitrogen and oxygen atoms in total. The van der Waals surface area contributed by atoms with Crippen LogP contribution in [0.15, 0.2) is 29.2 Å². The van der Waals surface area contributed by atoms with E-state index in [2.05, 4.69) is 0 Å². The lowest BCUT2D eigenvalue weighted by Crippen LogP contribution is -1.99. The van der Waals surface area contributed by atoms with Crippen LogP contribution in [0, 0.1) is 21.4 Å². The molecule has 0 spiro atoms. The van der Waals surface area contributed by atoms with Crippen LogP contribution >= 0.6 is 0 Å². The van der Waals surface area contributed by atoms with Gasteiger partial charge in [0.05, 0.1) is 10.5 Å². The molecule has 0 radical (unpaired) electrons. The van der Waals surface area contributed by atoms with E-state index in [0.29, 0.717) is 0 Å². The molecule has 0 aliphatic rings. The molecule has 0 fully saturated rings. The Labute approximate surface area is 97.9 Å². The quantitative estimate of drug-likeness (QED) is 0.461. The van der Waals surface area contributed by atoms with Gasteiger partial charge in [0, 0.05) is 12.3 Å². The highest BCUT2D eigenvalue weighted by Crippen LogP contribution is 2.21. The number of nitriles is 1. The molecule has 7 heteroatoms. The molecule has 17 heavy (non-hydrogen) atoms. The van der Waals surface area contributed by atoms with Gasteiger partial charge in [-0.2, -0.15) is 5.26 Å². The molecule has 0 saturated carbocycles. The fourth-order valence-corrected chi connectivity index (χ4v) is 1.65. The summed E-state index contributed by atoms with van der Waals surface area (Å²) in [6.07, 6.45) is 1.87. The van der Waals surface area contributed by atoms with Crippen LogP contribution in [-0.4, -0.2) is 19.6 Å². The van der Waals surface area contributed by atoms with Gasteiger partial charge in [0.15, 0.2) is 9.84 Å². The molecule has 0 aromatic heterocycles. The molecule has 0 atom stereocenters. The zero-order chi connectivity index (χ0) is 13.1. The molecule has 1 aromatic rings. The smallest absolute Gasteiger partial charge is 0.258 e. The summed E-state index contributed by atoms with van der Waals surface area (Å²) in [4.78, 5) is 9.54. The third-order valence-corrected chi connectivity index (χ3v) is 2.94. The van der Waals surface area contributed by atoms with Gasteiger partial charge in [-0.05, 0) is 12.1 Å². The maximum Gasteiger partial charge on any atom is 0.276 e. The zero-order valence-corrected chi connectivity index (χ0v) is 9.64. The Hall–Kier alpha value is -2.20. The minimum Gasteiger partial charge on any atom is -0.258 e. The molecular weight excluding hydrogens is 244 g/mol. The summed E-state index contributed by atoms with van der Waals surface area (Å²) >= 11 is 0. The summed E-state index contributed by atoms with van der Waals surface area (Å²) in [5.74, 6) is 0. The standard InChI is InChI=1S/C10H8N2O4S/c1-17(15,16)9(7-11)6-8-4-2-3-5-10(8)12(13)14/h2-6H,1H3/b9-6+. The van der Waals surface area contributed by atoms with Crippen molar-refractivity contribution in [2.24, 2.45) is 0 Å². The first kappa shape index (κ1) is 12.9. The molecule has 0 heterocycles. The van der Waals surface area contributed by atoms with Crippen LogP contribution in [0.1, 0.15) is 5.56 Å². The van der Waals surface area contributed by atoms with Crippen molar-refractivity contribution < 1.29 is 13.3 Å². The summed E-state index contributed by atoms with van der Waals surface area (Å²) in [6.45, 7) is 0.